The molecule has 8 nitrogen and oxygen atoms in total. The summed E-state index contributed by atoms with van der Waals surface area (Å²) >= 11 is 0. The number of nitrogens with one attached hydrogen (secondary N) is 1. The van der Waals surface area contributed by atoms with E-state index in [0.717, 1.165) is 19.3 Å². The fourth-order valence-corrected chi connectivity index (χ4v) is 3.38. The maximum Gasteiger partial charge on any atom is 0.330 e. The van der Waals surface area contributed by atoms with Gasteiger partial charge in [-0.05, 0) is 18.9 Å². The Kier molecular flexibility index (Phi) is 8.47. The van der Waals surface area contributed by atoms with Gasteiger partial charge in [-0.25, -0.2) is 4.79 Å². The Labute approximate surface area is 170 Å². The van der Waals surface area contributed by atoms with E-state index in [0.29, 0.717) is 0 Å². The van der Waals surface area contributed by atoms with Crippen LogP contribution in [0.4, 0.5) is 0 Å². The summed E-state index contributed by atoms with van der Waals surface area (Å²) in [6.07, 6.45) is 9.09. The minimum absolute atomic E-state index is 0. The fourth-order valence-electron chi connectivity index (χ4n) is 3.38. The van der Waals surface area contributed by atoms with Crippen molar-refractivity contribution in [3.8, 4) is 6.01 Å². The minimum atomic E-state index is -0.738. The van der Waals surface area contributed by atoms with Crippen molar-refractivity contribution in [3.05, 3.63) is 29.9 Å². The number of hydrogen-bond acceptors (Lipinski definition) is 7. The van der Waals surface area contributed by atoms with Gasteiger partial charge >= 0.3 is 12.0 Å². The number of esters is 1. The first-order chi connectivity index (χ1) is 13.1. The van der Waals surface area contributed by atoms with Crippen LogP contribution in [-0.4, -0.2) is 45.5 Å². The maximum atomic E-state index is 12.2. The molecule has 2 N–H and O–H groups in total. The van der Waals surface area contributed by atoms with E-state index in [1.54, 1.807) is 10.8 Å². The summed E-state index contributed by atoms with van der Waals surface area (Å²) in [4.78, 5) is 16.2. The smallest absolute Gasteiger partial charge is 0.330 e. The third kappa shape index (κ3) is 5.12. The number of aromatic nitrogens is 2. The molecule has 2 aliphatic rings. The Morgan fingerprint density at radius 3 is 2.93 bits per heavy atom. The van der Waals surface area contributed by atoms with E-state index in [4.69, 9.17) is 19.6 Å². The van der Waals surface area contributed by atoms with E-state index in [1.807, 2.05) is 6.08 Å². The van der Waals surface area contributed by atoms with Gasteiger partial charge in [-0.3, -0.25) is 9.98 Å². The highest BCUT2D eigenvalue weighted by atomic mass is 35.5. The van der Waals surface area contributed by atoms with Crippen molar-refractivity contribution in [1.29, 1.82) is 5.41 Å². The molecule has 0 aliphatic carbocycles. The third-order valence-electron chi connectivity index (χ3n) is 4.79. The number of rotatable bonds is 9. The summed E-state index contributed by atoms with van der Waals surface area (Å²) in [6, 6.07) is 1.77. The Balaban J connectivity index is 0.00000280. The summed E-state index contributed by atoms with van der Waals surface area (Å²) in [5.74, 6) is -0.477. The van der Waals surface area contributed by atoms with Crippen LogP contribution >= 0.6 is 12.4 Å². The highest BCUT2D eigenvalue weighted by Gasteiger charge is 2.53. The molecule has 156 valence electrons. The van der Waals surface area contributed by atoms with Crippen molar-refractivity contribution in [2.24, 2.45) is 0 Å². The first kappa shape index (κ1) is 22.4. The highest BCUT2D eigenvalue weighted by Crippen LogP contribution is 2.40. The van der Waals surface area contributed by atoms with Gasteiger partial charge in [0.05, 0.1) is 6.61 Å². The second-order valence-electron chi connectivity index (χ2n) is 6.84. The molecule has 0 aromatic carbocycles. The molecule has 0 unspecified atom stereocenters. The van der Waals surface area contributed by atoms with E-state index in [9.17, 15) is 9.90 Å². The van der Waals surface area contributed by atoms with Gasteiger partial charge < -0.3 is 19.3 Å². The number of fused-ring (bicyclic) bond motifs is 3. The van der Waals surface area contributed by atoms with E-state index in [2.05, 4.69) is 11.9 Å². The molecule has 0 radical (unpaired) electrons. The van der Waals surface area contributed by atoms with Gasteiger partial charge in [-0.15, -0.1) is 12.4 Å². The topological polar surface area (TPSA) is 107 Å². The summed E-state index contributed by atoms with van der Waals surface area (Å²) in [7, 11) is 0. The molecule has 0 saturated carbocycles. The van der Waals surface area contributed by atoms with Crippen molar-refractivity contribution in [3.63, 3.8) is 0 Å². The van der Waals surface area contributed by atoms with Gasteiger partial charge in [0.1, 0.15) is 6.10 Å². The van der Waals surface area contributed by atoms with E-state index in [-0.39, 0.29) is 30.5 Å². The lowest BCUT2D eigenvalue weighted by Crippen LogP contribution is -2.39. The van der Waals surface area contributed by atoms with E-state index in [1.165, 1.54) is 31.4 Å². The number of carbonyl (C=O) groups excluding carboxylic acids is 1. The molecule has 4 atom stereocenters. The normalized spacial score (nSPS) is 25.1. The van der Waals surface area contributed by atoms with Gasteiger partial charge in [0.2, 0.25) is 0 Å². The van der Waals surface area contributed by atoms with Crippen LogP contribution in [0.15, 0.2) is 24.4 Å². The third-order valence-corrected chi connectivity index (χ3v) is 4.79. The van der Waals surface area contributed by atoms with Crippen molar-refractivity contribution in [2.75, 3.05) is 6.61 Å². The standard InChI is InChI=1S/C19H27N3O5.ClH/c1-2-3-4-5-6-7-8-9-15(24)26-16-13(12-23)25-18-17(16)27-19-21-14(20)10-11-22(18)19;/h8-11,13,16-18,20,23H,2-7,12H2,1H3;1H/b9-8+,20-14?;/t13-,16-,17+,18-;/m1./s1. The van der Waals surface area contributed by atoms with Crippen LogP contribution in [0.25, 0.3) is 0 Å². The van der Waals surface area contributed by atoms with E-state index >= 15 is 0 Å². The monoisotopic (exact) mass is 413 g/mol. The van der Waals surface area contributed by atoms with Crippen LogP contribution in [0.3, 0.4) is 0 Å². The molecule has 1 saturated heterocycles. The molecule has 1 fully saturated rings. The number of unbranched alkanes of at least 4 members (excludes halogenated alkanes) is 5. The maximum absolute atomic E-state index is 12.2. The molecule has 0 spiro atoms. The zero-order valence-electron chi connectivity index (χ0n) is 16.0. The zero-order valence-corrected chi connectivity index (χ0v) is 16.8. The molecule has 0 amide bonds. The second kappa shape index (κ2) is 10.6. The fraction of sp³-hybridized carbons (Fsp3) is 0.632. The van der Waals surface area contributed by atoms with Crippen LogP contribution in [0.1, 0.15) is 51.7 Å². The summed E-state index contributed by atoms with van der Waals surface area (Å²) < 4.78 is 18.7. The van der Waals surface area contributed by atoms with Crippen LogP contribution in [0, 0.1) is 5.41 Å². The Morgan fingerprint density at radius 2 is 2.18 bits per heavy atom. The van der Waals surface area contributed by atoms with Crippen molar-refractivity contribution >= 4 is 18.4 Å². The summed E-state index contributed by atoms with van der Waals surface area (Å²) in [6.45, 7) is 1.90. The number of ether oxygens (including phenoxy) is 3. The largest absolute Gasteiger partial charge is 0.452 e. The number of halogens is 1. The molecule has 1 aromatic heterocycles. The number of hydrogen-bond donors (Lipinski definition) is 2. The Morgan fingerprint density at radius 1 is 1.39 bits per heavy atom. The lowest BCUT2D eigenvalue weighted by molar-refractivity contribution is -0.150. The van der Waals surface area contributed by atoms with Crippen LogP contribution in [-0.2, 0) is 14.3 Å². The Hall–Kier alpha value is -1.90. The predicted octanol–water partition coefficient (Wildman–Crippen LogP) is 2.26. The SMILES string of the molecule is CCCCCCC/C=C/C(=O)O[C@H]1[C@@H]2Oc3nc(=N)ccn3[C@@H]2O[C@@H]1CO.Cl. The molecule has 9 heteroatoms. The summed E-state index contributed by atoms with van der Waals surface area (Å²) in [5.41, 5.74) is 0.0790. The zero-order chi connectivity index (χ0) is 19.2. The van der Waals surface area contributed by atoms with Gasteiger partial charge in [0.25, 0.3) is 0 Å². The lowest BCUT2D eigenvalue weighted by atomic mass is 10.1. The predicted molar refractivity (Wildman–Crippen MR) is 103 cm³/mol. The van der Waals surface area contributed by atoms with Gasteiger partial charge in [-0.1, -0.05) is 38.7 Å². The second-order valence-corrected chi connectivity index (χ2v) is 6.84. The van der Waals surface area contributed by atoms with Crippen LogP contribution in [0.5, 0.6) is 6.01 Å². The lowest BCUT2D eigenvalue weighted by Gasteiger charge is -2.19. The molecule has 3 heterocycles. The number of allylic oxidation sites excluding steroid dienone is 1. The quantitative estimate of drug-likeness (QED) is 0.365. The molecule has 1 aromatic rings. The molecule has 28 heavy (non-hydrogen) atoms. The number of carbonyl (C=O) groups is 1. The number of aliphatic hydroxyl groups is 1. The number of nitrogens with zero attached hydrogens (tertiary/aromatic N) is 2. The van der Waals surface area contributed by atoms with Crippen molar-refractivity contribution < 1.29 is 24.1 Å². The first-order valence-corrected chi connectivity index (χ1v) is 9.58. The van der Waals surface area contributed by atoms with Gasteiger partial charge in [0.15, 0.2) is 23.9 Å². The van der Waals surface area contributed by atoms with Crippen LogP contribution < -0.4 is 10.2 Å². The molecule has 2 aliphatic heterocycles. The average molecular weight is 414 g/mol. The van der Waals surface area contributed by atoms with Crippen molar-refractivity contribution in [2.45, 2.75) is 70.0 Å². The first-order valence-electron chi connectivity index (χ1n) is 9.58. The van der Waals surface area contributed by atoms with Gasteiger partial charge in [0, 0.05) is 12.3 Å². The highest BCUT2D eigenvalue weighted by molar-refractivity contribution is 5.85. The minimum Gasteiger partial charge on any atom is -0.452 e. The average Bonchev–Trinajstić information content (AvgIpc) is 3.16. The molecule has 0 bridgehead atoms. The van der Waals surface area contributed by atoms with Gasteiger partial charge in [-0.2, -0.15) is 4.98 Å². The molecular weight excluding hydrogens is 386 g/mol. The molecular formula is C19H28ClN3O5. The number of aliphatic hydroxyl groups excluding tert-OH is 1. The summed E-state index contributed by atoms with van der Waals surface area (Å²) in [5, 5.41) is 17.1. The van der Waals surface area contributed by atoms with Crippen molar-refractivity contribution in [1.82, 2.24) is 9.55 Å². The van der Waals surface area contributed by atoms with Crippen LogP contribution in [0.2, 0.25) is 0 Å². The molecule has 3 rings (SSSR count). The van der Waals surface area contributed by atoms with E-state index < -0.39 is 30.5 Å². The Bertz CT molecular complexity index is 739.